The first-order chi connectivity index (χ1) is 8.59. The Morgan fingerprint density at radius 2 is 1.67 bits per heavy atom. The molecule has 2 fully saturated rings. The maximum Gasteiger partial charge on any atom is 0.250 e. The van der Waals surface area contributed by atoms with E-state index in [1.807, 2.05) is 0 Å². The fourth-order valence-electron chi connectivity index (χ4n) is 3.28. The largest absolute Gasteiger partial charge is 0.259 e. The molecule has 0 aromatic heterocycles. The van der Waals surface area contributed by atoms with Crippen LogP contribution in [0.25, 0.3) is 0 Å². The Balaban J connectivity index is 1.77. The van der Waals surface area contributed by atoms with Crippen LogP contribution in [-0.2, 0) is 10.8 Å². The quantitative estimate of drug-likeness (QED) is 0.701. The molecule has 0 radical (unpaired) electrons. The minimum absolute atomic E-state index is 0.0354. The van der Waals surface area contributed by atoms with Crippen molar-refractivity contribution in [1.29, 1.82) is 0 Å². The van der Waals surface area contributed by atoms with E-state index in [0.717, 1.165) is 25.7 Å². The van der Waals surface area contributed by atoms with E-state index >= 15 is 0 Å². The molecule has 0 saturated heterocycles. The van der Waals surface area contributed by atoms with Crippen molar-refractivity contribution in [2.24, 2.45) is 5.92 Å². The SMILES string of the molecule is O=S(CCC1CCCC1(F)F)C1CCCCCC1. The van der Waals surface area contributed by atoms with Crippen LogP contribution < -0.4 is 0 Å². The van der Waals surface area contributed by atoms with Crippen molar-refractivity contribution in [3.8, 4) is 0 Å². The van der Waals surface area contributed by atoms with E-state index in [1.165, 1.54) is 12.8 Å². The van der Waals surface area contributed by atoms with Crippen molar-refractivity contribution in [3.63, 3.8) is 0 Å². The number of hydrogen-bond donors (Lipinski definition) is 0. The standard InChI is InChI=1S/C14H24F2OS/c15-14(16)10-5-6-12(14)9-11-18(17)13-7-3-1-2-4-8-13/h12-13H,1-11H2. The lowest BCUT2D eigenvalue weighted by molar-refractivity contribution is -0.0373. The molecule has 0 amide bonds. The summed E-state index contributed by atoms with van der Waals surface area (Å²) in [5.74, 6) is -2.51. The van der Waals surface area contributed by atoms with E-state index in [4.69, 9.17) is 0 Å². The first kappa shape index (κ1) is 14.4. The maximum absolute atomic E-state index is 13.5. The molecule has 4 heteroatoms. The van der Waals surface area contributed by atoms with Gasteiger partial charge in [-0.1, -0.05) is 25.7 Å². The van der Waals surface area contributed by atoms with Crippen LogP contribution in [0.5, 0.6) is 0 Å². The summed E-state index contributed by atoms with van der Waals surface area (Å²) in [5.41, 5.74) is 0. The summed E-state index contributed by atoms with van der Waals surface area (Å²) in [6, 6.07) is 0. The zero-order valence-corrected chi connectivity index (χ0v) is 11.8. The van der Waals surface area contributed by atoms with E-state index in [0.29, 0.717) is 25.0 Å². The highest BCUT2D eigenvalue weighted by atomic mass is 32.2. The molecule has 2 saturated carbocycles. The van der Waals surface area contributed by atoms with Gasteiger partial charge in [0.2, 0.25) is 0 Å². The molecular formula is C14H24F2OS. The van der Waals surface area contributed by atoms with Gasteiger partial charge in [-0.05, 0) is 32.1 Å². The monoisotopic (exact) mass is 278 g/mol. The topological polar surface area (TPSA) is 17.1 Å². The van der Waals surface area contributed by atoms with Gasteiger partial charge in [0.1, 0.15) is 0 Å². The van der Waals surface area contributed by atoms with Gasteiger partial charge < -0.3 is 0 Å². The molecule has 0 spiro atoms. The second kappa shape index (κ2) is 6.44. The molecule has 106 valence electrons. The van der Waals surface area contributed by atoms with E-state index in [9.17, 15) is 13.0 Å². The van der Waals surface area contributed by atoms with E-state index < -0.39 is 22.6 Å². The molecule has 0 N–H and O–H groups in total. The minimum Gasteiger partial charge on any atom is -0.259 e. The van der Waals surface area contributed by atoms with Crippen molar-refractivity contribution in [3.05, 3.63) is 0 Å². The Morgan fingerprint density at radius 3 is 2.22 bits per heavy atom. The fraction of sp³-hybridized carbons (Fsp3) is 1.00. The summed E-state index contributed by atoms with van der Waals surface area (Å²) in [6.45, 7) is 0. The first-order valence-corrected chi connectivity index (χ1v) is 8.73. The summed E-state index contributed by atoms with van der Waals surface area (Å²) >= 11 is 0. The Hall–Kier alpha value is 0.01000. The molecule has 0 aromatic carbocycles. The third-order valence-electron chi connectivity index (χ3n) is 4.50. The highest BCUT2D eigenvalue weighted by molar-refractivity contribution is 7.85. The van der Waals surface area contributed by atoms with Crippen molar-refractivity contribution in [2.45, 2.75) is 75.4 Å². The van der Waals surface area contributed by atoms with Gasteiger partial charge in [0, 0.05) is 34.1 Å². The third-order valence-corrected chi connectivity index (χ3v) is 6.35. The normalized spacial score (nSPS) is 31.1. The first-order valence-electron chi connectivity index (χ1n) is 7.34. The van der Waals surface area contributed by atoms with Gasteiger partial charge in [-0.3, -0.25) is 4.21 Å². The maximum atomic E-state index is 13.5. The van der Waals surface area contributed by atoms with E-state index in [1.54, 1.807) is 0 Å². The molecule has 0 heterocycles. The van der Waals surface area contributed by atoms with Gasteiger partial charge in [-0.2, -0.15) is 0 Å². The van der Waals surface area contributed by atoms with Gasteiger partial charge in [0.05, 0.1) is 0 Å². The van der Waals surface area contributed by atoms with Gasteiger partial charge >= 0.3 is 0 Å². The molecule has 2 atom stereocenters. The molecule has 1 nitrogen and oxygen atoms in total. The van der Waals surface area contributed by atoms with Crippen molar-refractivity contribution in [2.75, 3.05) is 5.75 Å². The average molecular weight is 278 g/mol. The molecule has 2 rings (SSSR count). The van der Waals surface area contributed by atoms with Crippen molar-refractivity contribution >= 4 is 10.8 Å². The van der Waals surface area contributed by atoms with Crippen LogP contribution in [-0.4, -0.2) is 21.1 Å². The van der Waals surface area contributed by atoms with Gasteiger partial charge in [0.15, 0.2) is 0 Å². The van der Waals surface area contributed by atoms with Crippen molar-refractivity contribution in [1.82, 2.24) is 0 Å². The number of halogens is 2. The predicted octanol–water partition coefficient (Wildman–Crippen LogP) is 4.28. The second-order valence-electron chi connectivity index (χ2n) is 5.84. The van der Waals surface area contributed by atoms with Crippen LogP contribution in [0.15, 0.2) is 0 Å². The molecular weight excluding hydrogens is 254 g/mol. The highest BCUT2D eigenvalue weighted by Gasteiger charge is 2.43. The molecule has 2 aliphatic carbocycles. The molecule has 18 heavy (non-hydrogen) atoms. The summed E-state index contributed by atoms with van der Waals surface area (Å²) in [5, 5.41) is 0.280. The Bertz CT molecular complexity index is 286. The van der Waals surface area contributed by atoms with Gasteiger partial charge in [-0.25, -0.2) is 8.78 Å². The smallest absolute Gasteiger partial charge is 0.250 e. The van der Waals surface area contributed by atoms with E-state index in [-0.39, 0.29) is 11.7 Å². The lowest BCUT2D eigenvalue weighted by atomic mass is 10.0. The van der Waals surface area contributed by atoms with Gasteiger partial charge in [-0.15, -0.1) is 0 Å². The van der Waals surface area contributed by atoms with Gasteiger partial charge in [0.25, 0.3) is 5.92 Å². The predicted molar refractivity (Wildman–Crippen MR) is 71.4 cm³/mol. The Kier molecular flexibility index (Phi) is 5.16. The zero-order chi connectivity index (χ0) is 13.0. The minimum atomic E-state index is -2.49. The van der Waals surface area contributed by atoms with Crippen LogP contribution in [0.4, 0.5) is 8.78 Å². The fourth-order valence-corrected chi connectivity index (χ4v) is 4.99. The van der Waals surface area contributed by atoms with Crippen LogP contribution in [0.3, 0.4) is 0 Å². The molecule has 2 aliphatic rings. The lowest BCUT2D eigenvalue weighted by Crippen LogP contribution is -2.25. The molecule has 0 aliphatic heterocycles. The average Bonchev–Trinajstić information content (AvgIpc) is 2.58. The van der Waals surface area contributed by atoms with Crippen LogP contribution in [0, 0.1) is 5.92 Å². The number of rotatable bonds is 4. The Morgan fingerprint density at radius 1 is 1.00 bits per heavy atom. The van der Waals surface area contributed by atoms with Crippen LogP contribution in [0.1, 0.15) is 64.2 Å². The van der Waals surface area contributed by atoms with Crippen molar-refractivity contribution < 1.29 is 13.0 Å². The lowest BCUT2D eigenvalue weighted by Gasteiger charge is -2.20. The van der Waals surface area contributed by atoms with Crippen LogP contribution in [0.2, 0.25) is 0 Å². The summed E-state index contributed by atoms with van der Waals surface area (Å²) < 4.78 is 39.1. The zero-order valence-electron chi connectivity index (χ0n) is 11.0. The summed E-state index contributed by atoms with van der Waals surface area (Å²) in [6.07, 6.45) is 8.63. The molecule has 0 aromatic rings. The van der Waals surface area contributed by atoms with Crippen LogP contribution >= 0.6 is 0 Å². The second-order valence-corrected chi connectivity index (χ2v) is 7.67. The Labute approximate surface area is 111 Å². The number of hydrogen-bond acceptors (Lipinski definition) is 1. The van der Waals surface area contributed by atoms with E-state index in [2.05, 4.69) is 0 Å². The molecule has 2 unspecified atom stereocenters. The molecule has 0 bridgehead atoms. The summed E-state index contributed by atoms with van der Waals surface area (Å²) in [4.78, 5) is 0. The number of alkyl halides is 2. The third kappa shape index (κ3) is 3.75. The highest BCUT2D eigenvalue weighted by Crippen LogP contribution is 2.42. The summed E-state index contributed by atoms with van der Waals surface area (Å²) in [7, 11) is -0.880.